The highest BCUT2D eigenvalue weighted by molar-refractivity contribution is 9.08. The maximum Gasteiger partial charge on any atom is 0.0715 e. The molecule has 0 aliphatic heterocycles. The molecule has 0 fully saturated rings. The van der Waals surface area contributed by atoms with Crippen LogP contribution in [0, 0.1) is 0 Å². The van der Waals surface area contributed by atoms with Gasteiger partial charge < -0.3 is 9.90 Å². The molecule has 0 aliphatic carbocycles. The lowest BCUT2D eigenvalue weighted by Gasteiger charge is -2.02. The molecule has 1 rings (SSSR count). The van der Waals surface area contributed by atoms with Crippen molar-refractivity contribution in [2.45, 2.75) is 5.33 Å². The Morgan fingerprint density at radius 1 is 1.55 bits per heavy atom. The van der Waals surface area contributed by atoms with Gasteiger partial charge >= 0.3 is 0 Å². The normalized spacial score (nSPS) is 9.55. The van der Waals surface area contributed by atoms with E-state index in [9.17, 15) is 9.90 Å². The quantitative estimate of drug-likeness (QED) is 0.687. The van der Waals surface area contributed by atoms with Crippen molar-refractivity contribution in [2.24, 2.45) is 0 Å². The Balaban J connectivity index is 3.01. The Kier molecular flexibility index (Phi) is 2.65. The van der Waals surface area contributed by atoms with Crippen molar-refractivity contribution in [1.82, 2.24) is 0 Å². The van der Waals surface area contributed by atoms with Gasteiger partial charge in [0.15, 0.2) is 0 Å². The van der Waals surface area contributed by atoms with E-state index >= 15 is 0 Å². The molecule has 0 spiro atoms. The van der Waals surface area contributed by atoms with Gasteiger partial charge in [0.25, 0.3) is 0 Å². The average molecular weight is 214 g/mol. The predicted octanol–water partition coefficient (Wildman–Crippen LogP) is 0.945. The van der Waals surface area contributed by atoms with Crippen LogP contribution in [0.2, 0.25) is 0 Å². The molecule has 0 aliphatic rings. The van der Waals surface area contributed by atoms with Gasteiger partial charge in [-0.3, -0.25) is 0 Å². The van der Waals surface area contributed by atoms with Gasteiger partial charge in [0.1, 0.15) is 0 Å². The molecule has 1 aromatic rings. The van der Waals surface area contributed by atoms with E-state index < -0.39 is 5.97 Å². The van der Waals surface area contributed by atoms with Gasteiger partial charge in [-0.2, -0.15) is 0 Å². The van der Waals surface area contributed by atoms with Crippen LogP contribution in [0.25, 0.3) is 0 Å². The molecule has 0 bridgehead atoms. The summed E-state index contributed by atoms with van der Waals surface area (Å²) in [5.74, 6) is -1.13. The fraction of sp³-hybridized carbons (Fsp3) is 0.125. The van der Waals surface area contributed by atoms with E-state index in [1.54, 1.807) is 12.1 Å². The number of carbonyl (C=O) groups excluding carboxylic acids is 1. The number of hydrogen-bond acceptors (Lipinski definition) is 2. The maximum absolute atomic E-state index is 10.3. The highest BCUT2D eigenvalue weighted by Gasteiger charge is 1.93. The zero-order chi connectivity index (χ0) is 8.27. The summed E-state index contributed by atoms with van der Waals surface area (Å²) in [6.07, 6.45) is 0. The molecule has 0 unspecified atom stereocenters. The number of carbonyl (C=O) groups is 1. The third-order valence-electron chi connectivity index (χ3n) is 1.32. The van der Waals surface area contributed by atoms with Gasteiger partial charge in [-0.05, 0) is 17.2 Å². The molecule has 2 nitrogen and oxygen atoms in total. The third kappa shape index (κ3) is 2.05. The van der Waals surface area contributed by atoms with E-state index in [-0.39, 0.29) is 5.56 Å². The van der Waals surface area contributed by atoms with E-state index in [1.165, 1.54) is 6.07 Å². The second-order valence-corrected chi connectivity index (χ2v) is 2.68. The summed E-state index contributed by atoms with van der Waals surface area (Å²) in [6, 6.07) is 6.65. The van der Waals surface area contributed by atoms with Gasteiger partial charge in [-0.1, -0.05) is 34.1 Å². The number of rotatable bonds is 2. The largest absolute Gasteiger partial charge is 0.545 e. The Morgan fingerprint density at radius 2 is 2.27 bits per heavy atom. The van der Waals surface area contributed by atoms with Gasteiger partial charge in [0.05, 0.1) is 5.97 Å². The summed E-state index contributed by atoms with van der Waals surface area (Å²) < 4.78 is 0. The van der Waals surface area contributed by atoms with Crippen molar-refractivity contribution < 1.29 is 9.90 Å². The molecule has 0 saturated carbocycles. The second-order valence-electron chi connectivity index (χ2n) is 2.12. The smallest absolute Gasteiger partial charge is 0.0715 e. The van der Waals surface area contributed by atoms with Crippen molar-refractivity contribution in [3.05, 3.63) is 35.4 Å². The fourth-order valence-electron chi connectivity index (χ4n) is 0.781. The summed E-state index contributed by atoms with van der Waals surface area (Å²) >= 11 is 3.23. The Morgan fingerprint density at radius 3 is 2.82 bits per heavy atom. The lowest BCUT2D eigenvalue weighted by atomic mass is 10.1. The SMILES string of the molecule is O=C([O-])c1cccc(CBr)c1. The highest BCUT2D eigenvalue weighted by atomic mass is 79.9. The second kappa shape index (κ2) is 3.53. The van der Waals surface area contributed by atoms with Crippen LogP contribution in [0.1, 0.15) is 15.9 Å². The zero-order valence-electron chi connectivity index (χ0n) is 5.71. The minimum Gasteiger partial charge on any atom is -0.545 e. The first kappa shape index (κ1) is 8.27. The molecular weight excluding hydrogens is 208 g/mol. The van der Waals surface area contributed by atoms with Crippen molar-refractivity contribution in [3.63, 3.8) is 0 Å². The average Bonchev–Trinajstić information content (AvgIpc) is 2.05. The molecule has 11 heavy (non-hydrogen) atoms. The van der Waals surface area contributed by atoms with E-state index in [0.29, 0.717) is 5.33 Å². The molecule has 0 N–H and O–H groups in total. The molecule has 0 radical (unpaired) electrons. The number of hydrogen-bond donors (Lipinski definition) is 0. The topological polar surface area (TPSA) is 40.1 Å². The number of aromatic carboxylic acids is 1. The summed E-state index contributed by atoms with van der Waals surface area (Å²) in [4.78, 5) is 10.3. The van der Waals surface area contributed by atoms with Crippen LogP contribution in [-0.2, 0) is 5.33 Å². The predicted molar refractivity (Wildman–Crippen MR) is 43.4 cm³/mol. The molecule has 0 amide bonds. The van der Waals surface area contributed by atoms with Crippen LogP contribution in [-0.4, -0.2) is 5.97 Å². The first-order valence-electron chi connectivity index (χ1n) is 3.10. The molecule has 0 aromatic heterocycles. The van der Waals surface area contributed by atoms with Gasteiger partial charge in [-0.15, -0.1) is 0 Å². The van der Waals surface area contributed by atoms with Crippen molar-refractivity contribution >= 4 is 21.9 Å². The van der Waals surface area contributed by atoms with E-state index in [1.807, 2.05) is 6.07 Å². The van der Waals surface area contributed by atoms with E-state index in [2.05, 4.69) is 15.9 Å². The van der Waals surface area contributed by atoms with Crippen molar-refractivity contribution in [1.29, 1.82) is 0 Å². The van der Waals surface area contributed by atoms with Crippen LogP contribution < -0.4 is 5.11 Å². The first-order chi connectivity index (χ1) is 5.24. The molecule has 0 heterocycles. The first-order valence-corrected chi connectivity index (χ1v) is 4.22. The van der Waals surface area contributed by atoms with E-state index in [0.717, 1.165) is 5.56 Å². The Labute approximate surface area is 73.0 Å². The van der Waals surface area contributed by atoms with Gasteiger partial charge in [-0.25, -0.2) is 0 Å². The summed E-state index contributed by atoms with van der Waals surface area (Å²) in [6.45, 7) is 0. The zero-order valence-corrected chi connectivity index (χ0v) is 7.30. The van der Waals surface area contributed by atoms with Crippen LogP contribution in [0.4, 0.5) is 0 Å². The van der Waals surface area contributed by atoms with Crippen molar-refractivity contribution in [3.8, 4) is 0 Å². The molecule has 1 aromatic carbocycles. The minimum absolute atomic E-state index is 0.224. The summed E-state index contributed by atoms with van der Waals surface area (Å²) in [7, 11) is 0. The Bertz CT molecular complexity index is 271. The fourth-order valence-corrected chi connectivity index (χ4v) is 1.13. The lowest BCUT2D eigenvalue weighted by molar-refractivity contribution is -0.255. The van der Waals surface area contributed by atoms with Crippen molar-refractivity contribution in [2.75, 3.05) is 0 Å². The number of carboxylic acid groups (broad SMARTS) is 1. The van der Waals surface area contributed by atoms with Crippen LogP contribution in [0.5, 0.6) is 0 Å². The van der Waals surface area contributed by atoms with E-state index in [4.69, 9.17) is 0 Å². The molecule has 0 saturated heterocycles. The standard InChI is InChI=1S/C8H7BrO2/c9-5-6-2-1-3-7(4-6)8(10)11/h1-4H,5H2,(H,10,11)/p-1. The number of benzene rings is 1. The number of halogens is 1. The summed E-state index contributed by atoms with van der Waals surface area (Å²) in [5.41, 5.74) is 1.16. The number of carboxylic acids is 1. The monoisotopic (exact) mass is 213 g/mol. The maximum atomic E-state index is 10.3. The Hall–Kier alpha value is -0.830. The summed E-state index contributed by atoms with van der Waals surface area (Å²) in [5, 5.41) is 11.0. The molecule has 0 atom stereocenters. The molecule has 58 valence electrons. The third-order valence-corrected chi connectivity index (χ3v) is 1.96. The number of alkyl halides is 1. The highest BCUT2D eigenvalue weighted by Crippen LogP contribution is 2.07. The molecular formula is C8H6BrO2-. The minimum atomic E-state index is -1.13. The molecule has 3 heteroatoms. The van der Waals surface area contributed by atoms with Crippen LogP contribution in [0.3, 0.4) is 0 Å². The van der Waals surface area contributed by atoms with Gasteiger partial charge in [0.2, 0.25) is 0 Å². The lowest BCUT2D eigenvalue weighted by Crippen LogP contribution is -2.22. The van der Waals surface area contributed by atoms with Crippen LogP contribution >= 0.6 is 15.9 Å². The van der Waals surface area contributed by atoms with Crippen LogP contribution in [0.15, 0.2) is 24.3 Å². The van der Waals surface area contributed by atoms with Gasteiger partial charge in [0, 0.05) is 5.33 Å².